The average molecular weight is 329 g/mol. The Hall–Kier alpha value is 0.580. The SMILES string of the molecule is O=S(=O)(c1ccc(Cl)c(Cl)c1Cl)N(Cl)Cl. The van der Waals surface area contributed by atoms with E-state index in [-0.39, 0.29) is 23.3 Å². The second-order valence-electron chi connectivity index (χ2n) is 2.35. The molecule has 84 valence electrons. The lowest BCUT2D eigenvalue weighted by Gasteiger charge is -2.09. The van der Waals surface area contributed by atoms with E-state index < -0.39 is 10.0 Å². The van der Waals surface area contributed by atoms with Gasteiger partial charge in [0.15, 0.2) is 0 Å². The molecule has 0 atom stereocenters. The van der Waals surface area contributed by atoms with E-state index in [1.54, 1.807) is 0 Å². The third-order valence-corrected chi connectivity index (χ3v) is 5.21. The molecule has 3 nitrogen and oxygen atoms in total. The van der Waals surface area contributed by atoms with Crippen LogP contribution in [0.3, 0.4) is 0 Å². The van der Waals surface area contributed by atoms with Crippen LogP contribution in [0.1, 0.15) is 0 Å². The van der Waals surface area contributed by atoms with Crippen molar-refractivity contribution < 1.29 is 8.42 Å². The number of halogens is 5. The maximum absolute atomic E-state index is 11.5. The lowest BCUT2D eigenvalue weighted by atomic mass is 10.4. The van der Waals surface area contributed by atoms with Crippen molar-refractivity contribution in [1.82, 2.24) is 3.34 Å². The molecule has 0 bridgehead atoms. The molecule has 0 radical (unpaired) electrons. The molecule has 0 saturated carbocycles. The molecule has 0 N–H and O–H groups in total. The zero-order valence-corrected chi connectivity index (χ0v) is 11.3. The van der Waals surface area contributed by atoms with Crippen molar-refractivity contribution in [3.63, 3.8) is 0 Å². The van der Waals surface area contributed by atoms with Gasteiger partial charge in [-0.2, -0.15) is 0 Å². The molecule has 0 spiro atoms. The quantitative estimate of drug-likeness (QED) is 0.609. The summed E-state index contributed by atoms with van der Waals surface area (Å²) in [6.07, 6.45) is 0. The maximum atomic E-state index is 11.5. The molecule has 0 aliphatic rings. The first-order valence-electron chi connectivity index (χ1n) is 3.29. The topological polar surface area (TPSA) is 37.4 Å². The lowest BCUT2D eigenvalue weighted by molar-refractivity contribution is 0.579. The fraction of sp³-hybridized carbons (Fsp3) is 0. The summed E-state index contributed by atoms with van der Waals surface area (Å²) in [7, 11) is -4.06. The highest BCUT2D eigenvalue weighted by Gasteiger charge is 2.26. The van der Waals surface area contributed by atoms with E-state index in [2.05, 4.69) is 0 Å². The molecule has 0 saturated heterocycles. The normalized spacial score (nSPS) is 12.1. The van der Waals surface area contributed by atoms with Crippen LogP contribution in [0, 0.1) is 0 Å². The van der Waals surface area contributed by atoms with Gasteiger partial charge in [-0.15, -0.1) is 0 Å². The van der Waals surface area contributed by atoms with Gasteiger partial charge < -0.3 is 0 Å². The highest BCUT2D eigenvalue weighted by molar-refractivity contribution is 7.91. The largest absolute Gasteiger partial charge is 0.272 e. The maximum Gasteiger partial charge on any atom is 0.272 e. The van der Waals surface area contributed by atoms with Crippen molar-refractivity contribution in [2.45, 2.75) is 4.90 Å². The van der Waals surface area contributed by atoms with Crippen molar-refractivity contribution in [3.8, 4) is 0 Å². The van der Waals surface area contributed by atoms with Crippen LogP contribution in [0.4, 0.5) is 0 Å². The van der Waals surface area contributed by atoms with Gasteiger partial charge in [-0.25, -0.2) is 8.42 Å². The molecule has 1 aromatic carbocycles. The molecular formula is C6H2Cl5NO2S. The minimum atomic E-state index is -4.06. The lowest BCUT2D eigenvalue weighted by Crippen LogP contribution is -2.13. The summed E-state index contributed by atoms with van der Waals surface area (Å²) in [4.78, 5) is -0.316. The van der Waals surface area contributed by atoms with E-state index in [1.165, 1.54) is 6.07 Å². The molecule has 0 aliphatic heterocycles. The minimum absolute atomic E-state index is 0.00154. The van der Waals surface area contributed by atoms with Gasteiger partial charge >= 0.3 is 0 Å². The molecule has 0 fully saturated rings. The van der Waals surface area contributed by atoms with Crippen LogP contribution >= 0.6 is 58.4 Å². The Morgan fingerprint density at radius 3 is 2.00 bits per heavy atom. The number of hydrogen-bond acceptors (Lipinski definition) is 2. The van der Waals surface area contributed by atoms with Crippen LogP contribution in [0.5, 0.6) is 0 Å². The van der Waals surface area contributed by atoms with Crippen LogP contribution in [0.25, 0.3) is 0 Å². The van der Waals surface area contributed by atoms with Crippen LogP contribution in [0.2, 0.25) is 15.1 Å². The Kier molecular flexibility index (Phi) is 4.40. The molecule has 0 unspecified atom stereocenters. The van der Waals surface area contributed by atoms with E-state index >= 15 is 0 Å². The second kappa shape index (κ2) is 4.84. The summed E-state index contributed by atoms with van der Waals surface area (Å²) in [5.41, 5.74) is 0. The molecule has 1 aromatic rings. The van der Waals surface area contributed by atoms with Crippen LogP contribution in [-0.2, 0) is 10.0 Å². The average Bonchev–Trinajstić information content (AvgIpc) is 2.13. The molecule has 0 heterocycles. The van der Waals surface area contributed by atoms with E-state index in [4.69, 9.17) is 58.4 Å². The monoisotopic (exact) mass is 327 g/mol. The molecular weight excluding hydrogens is 327 g/mol. The third-order valence-electron chi connectivity index (χ3n) is 1.46. The van der Waals surface area contributed by atoms with Gasteiger partial charge in [0.1, 0.15) is 4.90 Å². The van der Waals surface area contributed by atoms with Crippen molar-refractivity contribution in [1.29, 1.82) is 0 Å². The molecule has 0 amide bonds. The zero-order chi connectivity index (χ0) is 11.8. The summed E-state index contributed by atoms with van der Waals surface area (Å²) in [5.74, 6) is 0. The highest BCUT2D eigenvalue weighted by atomic mass is 35.5. The Bertz CT molecular complexity index is 487. The molecule has 0 aromatic heterocycles. The number of sulfonamides is 1. The number of hydrogen-bond donors (Lipinski definition) is 0. The van der Waals surface area contributed by atoms with Gasteiger partial charge in [0.2, 0.25) is 0 Å². The summed E-state index contributed by atoms with van der Waals surface area (Å²) >= 11 is 27.3. The van der Waals surface area contributed by atoms with Crippen LogP contribution in [-0.4, -0.2) is 11.8 Å². The molecule has 1 rings (SSSR count). The Morgan fingerprint density at radius 1 is 1.00 bits per heavy atom. The Labute approximate surface area is 112 Å². The fourth-order valence-electron chi connectivity index (χ4n) is 0.782. The highest BCUT2D eigenvalue weighted by Crippen LogP contribution is 2.36. The van der Waals surface area contributed by atoms with Crippen molar-refractivity contribution in [3.05, 3.63) is 27.2 Å². The van der Waals surface area contributed by atoms with E-state index in [0.717, 1.165) is 6.07 Å². The molecule has 9 heteroatoms. The van der Waals surface area contributed by atoms with Crippen LogP contribution < -0.4 is 0 Å². The van der Waals surface area contributed by atoms with Crippen molar-refractivity contribution >= 4 is 68.4 Å². The predicted octanol–water partition coefficient (Wildman–Crippen LogP) is 3.95. The van der Waals surface area contributed by atoms with Gasteiger partial charge in [0.25, 0.3) is 10.0 Å². The summed E-state index contributed by atoms with van der Waals surface area (Å²) in [5, 5.41) is -0.165. The van der Waals surface area contributed by atoms with E-state index in [1.807, 2.05) is 0 Å². The fourth-order valence-corrected chi connectivity index (χ4v) is 2.83. The first kappa shape index (κ1) is 13.6. The number of rotatable bonds is 2. The van der Waals surface area contributed by atoms with Crippen LogP contribution in [0.15, 0.2) is 17.0 Å². The van der Waals surface area contributed by atoms with Crippen molar-refractivity contribution in [2.24, 2.45) is 0 Å². The standard InChI is InChI=1S/C6H2Cl5NO2S/c7-3-1-2-4(6(9)5(3)8)15(13,14)12(10)11/h1-2H. The second-order valence-corrected chi connectivity index (χ2v) is 6.52. The van der Waals surface area contributed by atoms with Gasteiger partial charge in [-0.3, -0.25) is 0 Å². The van der Waals surface area contributed by atoms with Gasteiger partial charge in [0, 0.05) is 23.6 Å². The summed E-state index contributed by atoms with van der Waals surface area (Å²) in [6.45, 7) is 0. The first-order valence-corrected chi connectivity index (χ1v) is 6.54. The summed E-state index contributed by atoms with van der Waals surface area (Å²) in [6, 6.07) is 2.43. The zero-order valence-electron chi connectivity index (χ0n) is 6.72. The predicted molar refractivity (Wildman–Crippen MR) is 62.2 cm³/mol. The van der Waals surface area contributed by atoms with E-state index in [0.29, 0.717) is 0 Å². The minimum Gasteiger partial charge on any atom is -0.204 e. The molecule has 0 aliphatic carbocycles. The smallest absolute Gasteiger partial charge is 0.204 e. The number of nitrogens with zero attached hydrogens (tertiary/aromatic N) is 1. The Balaban J connectivity index is 3.48. The molecule has 15 heavy (non-hydrogen) atoms. The summed E-state index contributed by atoms with van der Waals surface area (Å²) < 4.78 is 23.0. The van der Waals surface area contributed by atoms with Gasteiger partial charge in [0.05, 0.1) is 15.1 Å². The third kappa shape index (κ3) is 2.64. The Morgan fingerprint density at radius 2 is 1.53 bits per heavy atom. The van der Waals surface area contributed by atoms with Gasteiger partial charge in [-0.05, 0) is 15.5 Å². The van der Waals surface area contributed by atoms with E-state index in [9.17, 15) is 8.42 Å². The number of benzene rings is 1. The first-order chi connectivity index (χ1) is 6.78. The van der Waals surface area contributed by atoms with Gasteiger partial charge in [-0.1, -0.05) is 34.8 Å². The van der Waals surface area contributed by atoms with Crippen molar-refractivity contribution in [2.75, 3.05) is 0 Å².